The second-order valence-electron chi connectivity index (χ2n) is 5.17. The molecule has 98 valence electrons. The topological polar surface area (TPSA) is 26.0 Å². The van der Waals surface area contributed by atoms with Crippen molar-refractivity contribution in [1.82, 2.24) is 0 Å². The average Bonchev–Trinajstić information content (AvgIpc) is 3.20. The summed E-state index contributed by atoms with van der Waals surface area (Å²) in [5.41, 5.74) is 7.58. The van der Waals surface area contributed by atoms with Crippen molar-refractivity contribution in [3.63, 3.8) is 0 Å². The molecule has 1 saturated carbocycles. The molecule has 1 nitrogen and oxygen atoms in total. The first-order valence-corrected chi connectivity index (χ1v) is 6.39. The highest BCUT2D eigenvalue weighted by molar-refractivity contribution is 5.38. The minimum Gasteiger partial charge on any atom is -0.323 e. The van der Waals surface area contributed by atoms with Gasteiger partial charge in [0.15, 0.2) is 0 Å². The van der Waals surface area contributed by atoms with Crippen molar-refractivity contribution in [2.24, 2.45) is 5.73 Å². The van der Waals surface area contributed by atoms with Crippen molar-refractivity contribution in [1.29, 1.82) is 0 Å². The van der Waals surface area contributed by atoms with E-state index in [-0.39, 0.29) is 5.41 Å². The maximum absolute atomic E-state index is 13.9. The SMILES string of the molecule is NC(c1ccc(F)cc1F)C1(c2ccccc2)CC1. The largest absolute Gasteiger partial charge is 0.323 e. The van der Waals surface area contributed by atoms with E-state index >= 15 is 0 Å². The van der Waals surface area contributed by atoms with Gasteiger partial charge >= 0.3 is 0 Å². The molecule has 0 aliphatic heterocycles. The van der Waals surface area contributed by atoms with Crippen molar-refractivity contribution in [2.75, 3.05) is 0 Å². The van der Waals surface area contributed by atoms with Crippen molar-refractivity contribution >= 4 is 0 Å². The zero-order chi connectivity index (χ0) is 13.5. The highest BCUT2D eigenvalue weighted by Gasteiger charge is 2.50. The minimum atomic E-state index is -0.571. The smallest absolute Gasteiger partial charge is 0.130 e. The Morgan fingerprint density at radius 3 is 2.26 bits per heavy atom. The third kappa shape index (κ3) is 2.04. The summed E-state index contributed by atoms with van der Waals surface area (Å²) >= 11 is 0. The predicted molar refractivity (Wildman–Crippen MR) is 70.6 cm³/mol. The van der Waals surface area contributed by atoms with Crippen molar-refractivity contribution < 1.29 is 8.78 Å². The Hall–Kier alpha value is -1.74. The van der Waals surface area contributed by atoms with Crippen molar-refractivity contribution in [3.8, 4) is 0 Å². The average molecular weight is 259 g/mol. The molecule has 1 atom stereocenters. The normalized spacial score (nSPS) is 18.1. The highest BCUT2D eigenvalue weighted by atomic mass is 19.1. The van der Waals surface area contributed by atoms with Crippen LogP contribution in [-0.4, -0.2) is 0 Å². The molecule has 0 radical (unpaired) electrons. The van der Waals surface area contributed by atoms with Crippen molar-refractivity contribution in [3.05, 3.63) is 71.3 Å². The van der Waals surface area contributed by atoms with Crippen LogP contribution in [-0.2, 0) is 5.41 Å². The summed E-state index contributed by atoms with van der Waals surface area (Å²) in [4.78, 5) is 0. The van der Waals surface area contributed by atoms with Gasteiger partial charge in [-0.25, -0.2) is 8.78 Å². The van der Waals surface area contributed by atoms with Crippen LogP contribution in [0.5, 0.6) is 0 Å². The predicted octanol–water partition coefficient (Wildman–Crippen LogP) is 3.70. The number of hydrogen-bond donors (Lipinski definition) is 1. The van der Waals surface area contributed by atoms with E-state index in [1.807, 2.05) is 30.3 Å². The van der Waals surface area contributed by atoms with Gasteiger partial charge in [-0.3, -0.25) is 0 Å². The lowest BCUT2D eigenvalue weighted by atomic mass is 9.84. The van der Waals surface area contributed by atoms with Gasteiger partial charge in [-0.05, 0) is 24.5 Å². The molecule has 1 fully saturated rings. The van der Waals surface area contributed by atoms with E-state index in [1.165, 1.54) is 12.1 Å². The van der Waals surface area contributed by atoms with E-state index in [0.717, 1.165) is 24.5 Å². The van der Waals surface area contributed by atoms with Crippen molar-refractivity contribution in [2.45, 2.75) is 24.3 Å². The van der Waals surface area contributed by atoms with Crippen LogP contribution >= 0.6 is 0 Å². The summed E-state index contributed by atoms with van der Waals surface area (Å²) in [7, 11) is 0. The summed E-state index contributed by atoms with van der Waals surface area (Å²) in [5.74, 6) is -1.13. The quantitative estimate of drug-likeness (QED) is 0.893. The lowest BCUT2D eigenvalue weighted by Gasteiger charge is -2.24. The molecule has 0 aromatic heterocycles. The van der Waals surface area contributed by atoms with Crippen LogP contribution < -0.4 is 5.73 Å². The van der Waals surface area contributed by atoms with Crippen LogP contribution in [0.3, 0.4) is 0 Å². The number of benzene rings is 2. The number of halogens is 2. The Morgan fingerprint density at radius 1 is 1.00 bits per heavy atom. The van der Waals surface area contributed by atoms with Gasteiger partial charge in [0.05, 0.1) is 0 Å². The molecular weight excluding hydrogens is 244 g/mol. The lowest BCUT2D eigenvalue weighted by molar-refractivity contribution is 0.497. The first kappa shape index (κ1) is 12.3. The molecule has 2 N–H and O–H groups in total. The lowest BCUT2D eigenvalue weighted by Crippen LogP contribution is -2.27. The molecular formula is C16H15F2N. The molecule has 0 bridgehead atoms. The van der Waals surface area contributed by atoms with Gasteiger partial charge in [0.2, 0.25) is 0 Å². The van der Waals surface area contributed by atoms with E-state index in [0.29, 0.717) is 5.56 Å². The van der Waals surface area contributed by atoms with Gasteiger partial charge in [-0.15, -0.1) is 0 Å². The molecule has 2 aromatic carbocycles. The van der Waals surface area contributed by atoms with Gasteiger partial charge in [-0.2, -0.15) is 0 Å². The zero-order valence-electron chi connectivity index (χ0n) is 10.4. The number of nitrogens with two attached hydrogens (primary N) is 1. The number of rotatable bonds is 3. The van der Waals surface area contributed by atoms with E-state index in [9.17, 15) is 8.78 Å². The second-order valence-corrected chi connectivity index (χ2v) is 5.17. The van der Waals surface area contributed by atoms with Gasteiger partial charge in [-0.1, -0.05) is 36.4 Å². The van der Waals surface area contributed by atoms with Gasteiger partial charge in [0, 0.05) is 23.1 Å². The van der Waals surface area contributed by atoms with Crippen LogP contribution in [0.25, 0.3) is 0 Å². The summed E-state index contributed by atoms with van der Waals surface area (Å²) in [6.45, 7) is 0. The van der Waals surface area contributed by atoms with E-state index in [4.69, 9.17) is 5.73 Å². The summed E-state index contributed by atoms with van der Waals surface area (Å²) in [5, 5.41) is 0. The zero-order valence-corrected chi connectivity index (χ0v) is 10.4. The molecule has 0 amide bonds. The Bertz CT molecular complexity index is 591. The Balaban J connectivity index is 1.98. The molecule has 1 aliphatic carbocycles. The first-order chi connectivity index (χ1) is 9.13. The standard InChI is InChI=1S/C16H15F2N/c17-12-6-7-13(14(18)10-12)15(19)16(8-9-16)11-4-2-1-3-5-11/h1-7,10,15H,8-9,19H2. The maximum atomic E-state index is 13.9. The van der Waals surface area contributed by atoms with Crippen LogP contribution in [0.4, 0.5) is 8.78 Å². The fraction of sp³-hybridized carbons (Fsp3) is 0.250. The number of hydrogen-bond acceptors (Lipinski definition) is 1. The maximum Gasteiger partial charge on any atom is 0.130 e. The molecule has 0 heterocycles. The molecule has 2 aromatic rings. The summed E-state index contributed by atoms with van der Waals surface area (Å²) in [6, 6.07) is 13.1. The molecule has 1 unspecified atom stereocenters. The Morgan fingerprint density at radius 2 is 1.68 bits per heavy atom. The van der Waals surface area contributed by atoms with Gasteiger partial charge in [0.25, 0.3) is 0 Å². The van der Waals surface area contributed by atoms with E-state index in [1.54, 1.807) is 0 Å². The van der Waals surface area contributed by atoms with Crippen LogP contribution in [0.15, 0.2) is 48.5 Å². The van der Waals surface area contributed by atoms with E-state index in [2.05, 4.69) is 0 Å². The Labute approximate surface area is 111 Å². The fourth-order valence-corrected chi connectivity index (χ4v) is 2.74. The molecule has 1 aliphatic rings. The Kier molecular flexibility index (Phi) is 2.86. The minimum absolute atomic E-state index is 0.195. The second kappa shape index (κ2) is 4.42. The molecule has 19 heavy (non-hydrogen) atoms. The summed E-state index contributed by atoms with van der Waals surface area (Å²) in [6.07, 6.45) is 1.88. The molecule has 3 rings (SSSR count). The third-order valence-corrected chi connectivity index (χ3v) is 4.03. The van der Waals surface area contributed by atoms with E-state index < -0.39 is 17.7 Å². The molecule has 3 heteroatoms. The summed E-state index contributed by atoms with van der Waals surface area (Å²) < 4.78 is 26.8. The first-order valence-electron chi connectivity index (χ1n) is 6.39. The van der Waals surface area contributed by atoms with Crippen LogP contribution in [0, 0.1) is 11.6 Å². The monoisotopic (exact) mass is 259 g/mol. The highest BCUT2D eigenvalue weighted by Crippen LogP contribution is 2.55. The van der Waals surface area contributed by atoms with Crippen LogP contribution in [0.1, 0.15) is 30.0 Å². The molecule has 0 saturated heterocycles. The van der Waals surface area contributed by atoms with Gasteiger partial charge in [0.1, 0.15) is 11.6 Å². The molecule has 0 spiro atoms. The van der Waals surface area contributed by atoms with Gasteiger partial charge < -0.3 is 5.73 Å². The third-order valence-electron chi connectivity index (χ3n) is 4.03. The van der Waals surface area contributed by atoms with Crippen LogP contribution in [0.2, 0.25) is 0 Å². The fourth-order valence-electron chi connectivity index (χ4n) is 2.74.